The number of hydrogen-bond donors (Lipinski definition) is 0. The van der Waals surface area contributed by atoms with E-state index in [4.69, 9.17) is 9.47 Å². The lowest BCUT2D eigenvalue weighted by Crippen LogP contribution is -1.97. The Labute approximate surface area is 136 Å². The summed E-state index contributed by atoms with van der Waals surface area (Å²) in [7, 11) is 3.16. The van der Waals surface area contributed by atoms with Gasteiger partial charge >= 0.3 is 0 Å². The van der Waals surface area contributed by atoms with E-state index in [2.05, 4.69) is 4.98 Å². The van der Waals surface area contributed by atoms with Gasteiger partial charge in [-0.15, -0.1) is 0 Å². The molecule has 1 aromatic heterocycles. The molecule has 2 aromatic rings. The third-order valence-corrected chi connectivity index (χ3v) is 3.57. The highest BCUT2D eigenvalue weighted by atomic mass is 16.5. The zero-order valence-electron chi connectivity index (χ0n) is 13.9. The van der Waals surface area contributed by atoms with Crippen molar-refractivity contribution in [2.45, 2.75) is 20.3 Å². The Kier molecular flexibility index (Phi) is 5.52. The third-order valence-electron chi connectivity index (χ3n) is 3.57. The molecule has 0 spiro atoms. The van der Waals surface area contributed by atoms with Gasteiger partial charge in [-0.1, -0.05) is 13.8 Å². The first-order chi connectivity index (χ1) is 11.2. The Hall–Kier alpha value is -2.62. The zero-order valence-corrected chi connectivity index (χ0v) is 13.9. The average molecular weight is 311 g/mol. The number of aromatic nitrogens is 1. The number of nitrogens with zero attached hydrogens (tertiary/aromatic N) is 1. The molecule has 3 rings (SSSR count). The lowest BCUT2D eigenvalue weighted by molar-refractivity contribution is 0.104. The maximum Gasteiger partial charge on any atom is 0.189 e. The van der Waals surface area contributed by atoms with E-state index >= 15 is 0 Å². The first-order valence-electron chi connectivity index (χ1n) is 7.63. The molecule has 0 saturated heterocycles. The molecule has 0 saturated carbocycles. The highest BCUT2D eigenvalue weighted by Crippen LogP contribution is 2.36. The molecule has 0 fully saturated rings. The van der Waals surface area contributed by atoms with E-state index in [1.54, 1.807) is 32.7 Å². The van der Waals surface area contributed by atoms with Crippen molar-refractivity contribution >= 4 is 11.9 Å². The summed E-state index contributed by atoms with van der Waals surface area (Å²) in [6.45, 7) is 4.00. The molecule has 4 nitrogen and oxygen atoms in total. The van der Waals surface area contributed by atoms with Gasteiger partial charge in [0.05, 0.1) is 14.2 Å². The predicted molar refractivity (Wildman–Crippen MR) is 91.1 cm³/mol. The maximum atomic E-state index is 12.5. The molecular formula is C19H21NO3. The Balaban J connectivity index is 0.000000924. The Morgan fingerprint density at radius 1 is 1.04 bits per heavy atom. The molecule has 4 heteroatoms. The molecule has 23 heavy (non-hydrogen) atoms. The van der Waals surface area contributed by atoms with Gasteiger partial charge in [-0.25, -0.2) is 0 Å². The van der Waals surface area contributed by atoms with Crippen molar-refractivity contribution in [3.05, 3.63) is 58.9 Å². The zero-order chi connectivity index (χ0) is 16.8. The van der Waals surface area contributed by atoms with Crippen LogP contribution in [0, 0.1) is 0 Å². The van der Waals surface area contributed by atoms with Gasteiger partial charge in [0.1, 0.15) is 0 Å². The number of Topliss-reactive ketones (excluding diaryl/α,β-unsaturated/α-hetero) is 1. The van der Waals surface area contributed by atoms with E-state index in [0.717, 1.165) is 16.7 Å². The van der Waals surface area contributed by atoms with Gasteiger partial charge in [-0.3, -0.25) is 9.78 Å². The SMILES string of the molecule is CC.COc1cc2c(cc1OC)C(=O)/C(=C/c1ccncc1)C2. The van der Waals surface area contributed by atoms with E-state index < -0.39 is 0 Å². The van der Waals surface area contributed by atoms with Crippen LogP contribution in [0.25, 0.3) is 6.08 Å². The molecular weight excluding hydrogens is 290 g/mol. The summed E-state index contributed by atoms with van der Waals surface area (Å²) >= 11 is 0. The van der Waals surface area contributed by atoms with Gasteiger partial charge in [0.15, 0.2) is 17.3 Å². The molecule has 0 N–H and O–H groups in total. The van der Waals surface area contributed by atoms with Gasteiger partial charge in [0.25, 0.3) is 0 Å². The second-order valence-electron chi connectivity index (χ2n) is 4.82. The monoisotopic (exact) mass is 311 g/mol. The highest BCUT2D eigenvalue weighted by Gasteiger charge is 2.27. The fourth-order valence-corrected chi connectivity index (χ4v) is 2.51. The van der Waals surface area contributed by atoms with E-state index in [9.17, 15) is 4.79 Å². The van der Waals surface area contributed by atoms with Crippen molar-refractivity contribution in [3.63, 3.8) is 0 Å². The molecule has 120 valence electrons. The van der Waals surface area contributed by atoms with Crippen LogP contribution in [-0.4, -0.2) is 25.0 Å². The fraction of sp³-hybridized carbons (Fsp3) is 0.263. The molecule has 0 atom stereocenters. The third kappa shape index (κ3) is 3.42. The molecule has 1 aliphatic rings. The second kappa shape index (κ2) is 7.58. The molecule has 0 bridgehead atoms. The van der Waals surface area contributed by atoms with Gasteiger partial charge in [0.2, 0.25) is 0 Å². The number of hydrogen-bond acceptors (Lipinski definition) is 4. The number of carbonyl (C=O) groups is 1. The standard InChI is InChI=1S/C17H15NO3.C2H6/c1-20-15-9-12-8-13(7-11-3-5-18-6-4-11)17(19)14(12)10-16(15)21-2;1-2/h3-7,9-10H,8H2,1-2H3;1-2H3/b13-7+;. The van der Waals surface area contributed by atoms with E-state index in [-0.39, 0.29) is 5.78 Å². The Morgan fingerprint density at radius 3 is 2.26 bits per heavy atom. The quantitative estimate of drug-likeness (QED) is 0.805. The topological polar surface area (TPSA) is 48.4 Å². The first kappa shape index (κ1) is 16.7. The van der Waals surface area contributed by atoms with E-state index in [1.807, 2.05) is 38.1 Å². The van der Waals surface area contributed by atoms with Gasteiger partial charge < -0.3 is 9.47 Å². The van der Waals surface area contributed by atoms with Crippen molar-refractivity contribution in [2.24, 2.45) is 0 Å². The minimum atomic E-state index is 0.0442. The summed E-state index contributed by atoms with van der Waals surface area (Å²) < 4.78 is 10.5. The number of ether oxygens (including phenoxy) is 2. The smallest absolute Gasteiger partial charge is 0.189 e. The molecule has 0 unspecified atom stereocenters. The van der Waals surface area contributed by atoms with Gasteiger partial charge in [0, 0.05) is 30.0 Å². The number of fused-ring (bicyclic) bond motifs is 1. The molecule has 1 aliphatic carbocycles. The number of methoxy groups -OCH3 is 2. The van der Waals surface area contributed by atoms with Crippen LogP contribution in [0.1, 0.15) is 35.3 Å². The van der Waals surface area contributed by atoms with Crippen LogP contribution in [0.15, 0.2) is 42.2 Å². The number of pyridine rings is 1. The summed E-state index contributed by atoms with van der Waals surface area (Å²) in [5.41, 5.74) is 3.40. The largest absolute Gasteiger partial charge is 0.493 e. The van der Waals surface area contributed by atoms with Gasteiger partial charge in [-0.2, -0.15) is 0 Å². The molecule has 0 aliphatic heterocycles. The van der Waals surface area contributed by atoms with Crippen molar-refractivity contribution in [1.82, 2.24) is 4.98 Å². The van der Waals surface area contributed by atoms with Crippen LogP contribution in [0.5, 0.6) is 11.5 Å². The summed E-state index contributed by atoms with van der Waals surface area (Å²) in [5, 5.41) is 0. The lowest BCUT2D eigenvalue weighted by Gasteiger charge is -2.08. The summed E-state index contributed by atoms with van der Waals surface area (Å²) in [5.74, 6) is 1.27. The predicted octanol–water partition coefficient (Wildman–Crippen LogP) is 3.95. The molecule has 0 radical (unpaired) electrons. The Morgan fingerprint density at radius 2 is 1.65 bits per heavy atom. The fourth-order valence-electron chi connectivity index (χ4n) is 2.51. The maximum absolute atomic E-state index is 12.5. The summed E-state index contributed by atoms with van der Waals surface area (Å²) in [4.78, 5) is 16.5. The van der Waals surface area contributed by atoms with Crippen molar-refractivity contribution in [1.29, 1.82) is 0 Å². The van der Waals surface area contributed by atoms with Crippen LogP contribution in [0.4, 0.5) is 0 Å². The molecule has 1 heterocycles. The van der Waals surface area contributed by atoms with Crippen LogP contribution < -0.4 is 9.47 Å². The minimum absolute atomic E-state index is 0.0442. The molecule has 0 amide bonds. The first-order valence-corrected chi connectivity index (χ1v) is 7.63. The van der Waals surface area contributed by atoms with Crippen molar-refractivity contribution in [3.8, 4) is 11.5 Å². The number of ketones is 1. The number of allylic oxidation sites excluding steroid dienone is 1. The van der Waals surface area contributed by atoms with Crippen LogP contribution >= 0.6 is 0 Å². The van der Waals surface area contributed by atoms with E-state index in [1.165, 1.54) is 0 Å². The summed E-state index contributed by atoms with van der Waals surface area (Å²) in [6, 6.07) is 7.39. The van der Waals surface area contributed by atoms with Crippen molar-refractivity contribution in [2.75, 3.05) is 14.2 Å². The van der Waals surface area contributed by atoms with Crippen LogP contribution in [-0.2, 0) is 6.42 Å². The number of carbonyl (C=O) groups excluding carboxylic acids is 1. The van der Waals surface area contributed by atoms with Crippen LogP contribution in [0.2, 0.25) is 0 Å². The number of rotatable bonds is 3. The van der Waals surface area contributed by atoms with E-state index in [0.29, 0.717) is 23.5 Å². The second-order valence-corrected chi connectivity index (χ2v) is 4.82. The average Bonchev–Trinajstić information content (AvgIpc) is 2.91. The van der Waals surface area contributed by atoms with Gasteiger partial charge in [-0.05, 0) is 41.5 Å². The lowest BCUT2D eigenvalue weighted by atomic mass is 10.1. The Bertz CT molecular complexity index is 721. The molecule has 1 aromatic carbocycles. The van der Waals surface area contributed by atoms with Crippen molar-refractivity contribution < 1.29 is 14.3 Å². The highest BCUT2D eigenvalue weighted by molar-refractivity contribution is 6.15. The normalized spacial score (nSPS) is 14.1. The van der Waals surface area contributed by atoms with Crippen LogP contribution in [0.3, 0.4) is 0 Å². The number of benzene rings is 1. The summed E-state index contributed by atoms with van der Waals surface area (Å²) in [6.07, 6.45) is 5.94. The minimum Gasteiger partial charge on any atom is -0.493 e.